The number of methoxy groups -OCH3 is 2. The first-order valence-corrected chi connectivity index (χ1v) is 24.2. The number of hydrogen-bond acceptors (Lipinski definition) is 13. The first-order valence-electron chi connectivity index (χ1n) is 21.3. The standard InChI is InChI=1S/C21H27N5O5S.C18H20N4O5S.C3H9NO/c1-26-17(20(27)22-9-10-31-2)12-18(24-26)32(29,30)25-21(28)23-19-15-7-3-5-13(15)11-14-6-4-8-16(14)19;1-22-14(17(23)24)9-15(20-22)28(26,27)21-18(25)19-16-12-6-2-4-10(12)8-11-5-3-7-13(11)16;1-5-3-2-4/h11-12H,3-10H2,1-2H3,(H,22,27)(H2,23,25,28);8-9H,2-7H2,1H3,(H,23,24)(H2,19,21,25);2-4H2,1H3. The van der Waals surface area contributed by atoms with Crippen LogP contribution in [0.15, 0.2) is 34.3 Å². The van der Waals surface area contributed by atoms with Gasteiger partial charge in [-0.3, -0.25) is 14.2 Å². The van der Waals surface area contributed by atoms with Gasteiger partial charge in [-0.05, 0) is 122 Å². The number of aromatic carboxylic acids is 1. The van der Waals surface area contributed by atoms with E-state index in [0.717, 1.165) is 132 Å². The van der Waals surface area contributed by atoms with E-state index < -0.39 is 54.0 Å². The molecule has 5 amide bonds. The normalized spacial score (nSPS) is 14.4. The number of urea groups is 2. The highest BCUT2D eigenvalue weighted by Crippen LogP contribution is 2.40. The lowest BCUT2D eigenvalue weighted by molar-refractivity contribution is 0.0684. The number of ether oxygens (including phenoxy) is 2. The number of carbonyl (C=O) groups is 4. The zero-order chi connectivity index (χ0) is 47.1. The van der Waals surface area contributed by atoms with E-state index >= 15 is 0 Å². The fourth-order valence-electron chi connectivity index (χ4n) is 8.59. The second-order valence-corrected chi connectivity index (χ2v) is 19.2. The quantitative estimate of drug-likeness (QED) is 0.0949. The zero-order valence-electron chi connectivity index (χ0n) is 36.8. The van der Waals surface area contributed by atoms with Gasteiger partial charge in [0.25, 0.3) is 26.0 Å². The summed E-state index contributed by atoms with van der Waals surface area (Å²) < 4.78 is 65.9. The number of nitrogens with zero attached hydrogens (tertiary/aromatic N) is 4. The Kier molecular flexibility index (Phi) is 15.7. The van der Waals surface area contributed by atoms with Crippen molar-refractivity contribution in [2.45, 2.75) is 87.1 Å². The first-order chi connectivity index (χ1) is 31.0. The summed E-state index contributed by atoms with van der Waals surface area (Å²) in [6.07, 6.45) is 11.4. The molecule has 0 saturated carbocycles. The predicted octanol–water partition coefficient (Wildman–Crippen LogP) is 2.48. The van der Waals surface area contributed by atoms with Crippen LogP contribution < -0.4 is 31.1 Å². The van der Waals surface area contributed by atoms with E-state index in [1.54, 1.807) is 7.11 Å². The van der Waals surface area contributed by atoms with Gasteiger partial charge in [0, 0.05) is 64.9 Å². The molecule has 2 aromatic heterocycles. The number of sulfonamides is 2. The van der Waals surface area contributed by atoms with E-state index in [0.29, 0.717) is 19.8 Å². The van der Waals surface area contributed by atoms with Crippen LogP contribution in [0.25, 0.3) is 0 Å². The molecule has 0 spiro atoms. The lowest BCUT2D eigenvalue weighted by Gasteiger charge is -2.16. The Morgan fingerprint density at radius 1 is 0.631 bits per heavy atom. The molecule has 21 nitrogen and oxygen atoms in total. The van der Waals surface area contributed by atoms with Crippen molar-refractivity contribution in [3.8, 4) is 0 Å². The van der Waals surface area contributed by atoms with E-state index in [9.17, 15) is 36.0 Å². The van der Waals surface area contributed by atoms with Crippen LogP contribution in [0.3, 0.4) is 0 Å². The van der Waals surface area contributed by atoms with Gasteiger partial charge in [0.05, 0.1) is 13.2 Å². The molecule has 8 rings (SSSR count). The number of rotatable bonds is 13. The van der Waals surface area contributed by atoms with Crippen molar-refractivity contribution in [1.82, 2.24) is 34.3 Å². The molecule has 0 saturated heterocycles. The van der Waals surface area contributed by atoms with Gasteiger partial charge in [0.2, 0.25) is 0 Å². The van der Waals surface area contributed by atoms with Crippen LogP contribution in [0, 0.1) is 0 Å². The van der Waals surface area contributed by atoms with Crippen molar-refractivity contribution in [3.63, 3.8) is 0 Å². The number of fused-ring (bicyclic) bond motifs is 4. The summed E-state index contributed by atoms with van der Waals surface area (Å²) >= 11 is 0. The molecule has 0 aliphatic heterocycles. The molecule has 2 aromatic carbocycles. The number of carboxylic acid groups (broad SMARTS) is 1. The molecule has 2 heterocycles. The lowest BCUT2D eigenvalue weighted by atomic mass is 9.99. The summed E-state index contributed by atoms with van der Waals surface area (Å²) in [5, 5.41) is 23.8. The maximum Gasteiger partial charge on any atom is 0.354 e. The van der Waals surface area contributed by atoms with E-state index in [-0.39, 0.29) is 17.9 Å². The number of amides is 5. The van der Waals surface area contributed by atoms with Gasteiger partial charge >= 0.3 is 18.0 Å². The van der Waals surface area contributed by atoms with Gasteiger partial charge < -0.3 is 36.3 Å². The third kappa shape index (κ3) is 11.3. The Labute approximate surface area is 377 Å². The predicted molar refractivity (Wildman–Crippen MR) is 238 cm³/mol. The molecule has 352 valence electrons. The highest BCUT2D eigenvalue weighted by atomic mass is 32.2. The smallest absolute Gasteiger partial charge is 0.354 e. The summed E-state index contributed by atoms with van der Waals surface area (Å²) in [7, 11) is -2.65. The topological polar surface area (TPSA) is 297 Å². The van der Waals surface area contributed by atoms with Crippen LogP contribution in [0.2, 0.25) is 0 Å². The van der Waals surface area contributed by atoms with Gasteiger partial charge in [0.1, 0.15) is 11.4 Å². The number of carbonyl (C=O) groups excluding carboxylic acids is 3. The largest absolute Gasteiger partial charge is 0.477 e. The number of carboxylic acids is 1. The molecule has 0 fully saturated rings. The summed E-state index contributed by atoms with van der Waals surface area (Å²) in [6, 6.07) is 4.78. The number of nitrogens with one attached hydrogen (secondary N) is 5. The van der Waals surface area contributed by atoms with Crippen molar-refractivity contribution < 1.29 is 50.6 Å². The second-order valence-electron chi connectivity index (χ2n) is 15.9. The summed E-state index contributed by atoms with van der Waals surface area (Å²) in [5.41, 5.74) is 15.5. The Balaban J connectivity index is 0.000000197. The fraction of sp³-hybridized carbons (Fsp3) is 0.476. The molecule has 0 atom stereocenters. The number of anilines is 2. The van der Waals surface area contributed by atoms with Crippen LogP contribution in [0.4, 0.5) is 21.0 Å². The molecule has 0 radical (unpaired) electrons. The molecule has 8 N–H and O–H groups in total. The van der Waals surface area contributed by atoms with Gasteiger partial charge in [-0.15, -0.1) is 0 Å². The minimum Gasteiger partial charge on any atom is -0.477 e. The van der Waals surface area contributed by atoms with Gasteiger partial charge in [-0.25, -0.2) is 23.8 Å². The number of nitrogens with two attached hydrogens (primary N) is 1. The van der Waals surface area contributed by atoms with Gasteiger partial charge in [-0.1, -0.05) is 12.1 Å². The van der Waals surface area contributed by atoms with Crippen molar-refractivity contribution in [3.05, 3.63) is 80.2 Å². The van der Waals surface area contributed by atoms with Crippen LogP contribution in [0.5, 0.6) is 0 Å². The van der Waals surface area contributed by atoms with Crippen LogP contribution in [0.1, 0.15) is 91.2 Å². The SMILES string of the molecule is COCCN.COCCNC(=O)c1cc(S(=O)(=O)NC(=O)Nc2c3c(cc4c2CCC4)CCC3)nn1C.Cn1nc(S(=O)(=O)NC(=O)Nc2c3c(cc4c2CCC4)CCC3)cc1C(=O)O. The number of aryl methyl sites for hydroxylation is 6. The molecule has 0 bridgehead atoms. The third-order valence-electron chi connectivity index (χ3n) is 11.5. The average molecular weight is 941 g/mol. The lowest BCUT2D eigenvalue weighted by Crippen LogP contribution is -2.35. The molecule has 4 aliphatic rings. The second kappa shape index (κ2) is 21.0. The molecule has 0 unspecified atom stereocenters. The Morgan fingerprint density at radius 2 is 1.02 bits per heavy atom. The molecule has 4 aliphatic carbocycles. The molecule has 65 heavy (non-hydrogen) atoms. The Morgan fingerprint density at radius 3 is 1.35 bits per heavy atom. The van der Waals surface area contributed by atoms with Gasteiger partial charge in [-0.2, -0.15) is 27.0 Å². The number of benzene rings is 2. The zero-order valence-corrected chi connectivity index (χ0v) is 38.5. The third-order valence-corrected chi connectivity index (χ3v) is 13.9. The number of hydrogen-bond donors (Lipinski definition) is 7. The van der Waals surface area contributed by atoms with E-state index in [1.165, 1.54) is 43.5 Å². The molecular weight excluding hydrogens is 885 g/mol. The fourth-order valence-corrected chi connectivity index (χ4v) is 10.4. The van der Waals surface area contributed by atoms with Crippen molar-refractivity contribution in [2.75, 3.05) is 51.2 Å². The van der Waals surface area contributed by atoms with Crippen LogP contribution in [-0.2, 0) is 95.0 Å². The van der Waals surface area contributed by atoms with E-state index in [4.69, 9.17) is 15.6 Å². The van der Waals surface area contributed by atoms with Crippen LogP contribution >= 0.6 is 0 Å². The van der Waals surface area contributed by atoms with Crippen molar-refractivity contribution in [2.24, 2.45) is 19.8 Å². The van der Waals surface area contributed by atoms with E-state index in [1.807, 2.05) is 9.44 Å². The Bertz CT molecular complexity index is 2630. The molecule has 4 aromatic rings. The average Bonchev–Trinajstić information content (AvgIpc) is 4.10. The minimum atomic E-state index is -4.30. The first kappa shape index (κ1) is 48.6. The highest BCUT2D eigenvalue weighted by Gasteiger charge is 2.30. The number of aromatic nitrogens is 4. The Hall–Kier alpha value is -5.88. The van der Waals surface area contributed by atoms with E-state index in [2.05, 4.69) is 43.0 Å². The monoisotopic (exact) mass is 940 g/mol. The summed E-state index contributed by atoms with van der Waals surface area (Å²) in [6.45, 7) is 1.88. The van der Waals surface area contributed by atoms with Crippen molar-refractivity contribution in [1.29, 1.82) is 0 Å². The molecular formula is C42H56N10O11S2. The summed E-state index contributed by atoms with van der Waals surface area (Å²) in [4.78, 5) is 48.5. The summed E-state index contributed by atoms with van der Waals surface area (Å²) in [5.74, 6) is -1.80. The maximum absolute atomic E-state index is 12.7. The van der Waals surface area contributed by atoms with Crippen molar-refractivity contribution >= 4 is 55.4 Å². The highest BCUT2D eigenvalue weighted by molar-refractivity contribution is 7.90. The maximum atomic E-state index is 12.7. The minimum absolute atomic E-state index is 0.0561. The molecule has 23 heteroatoms. The van der Waals surface area contributed by atoms with Crippen LogP contribution in [-0.4, -0.2) is 106 Å². The van der Waals surface area contributed by atoms with Gasteiger partial charge in [0.15, 0.2) is 10.1 Å².